The van der Waals surface area contributed by atoms with Crippen molar-refractivity contribution < 1.29 is 28.5 Å². The van der Waals surface area contributed by atoms with E-state index in [1.807, 2.05) is 60.7 Å². The maximum atomic E-state index is 13.0. The van der Waals surface area contributed by atoms with Gasteiger partial charge in [0.25, 0.3) is 0 Å². The Morgan fingerprint density at radius 3 is 2.03 bits per heavy atom. The van der Waals surface area contributed by atoms with Gasteiger partial charge in [-0.25, -0.2) is 9.59 Å². The number of esters is 2. The molecular weight excluding hydrogens is 474 g/mol. The first-order chi connectivity index (χ1) is 18.0. The summed E-state index contributed by atoms with van der Waals surface area (Å²) in [5, 5.41) is 3.46. The molecule has 0 radical (unpaired) electrons. The third-order valence-corrected chi connectivity index (χ3v) is 5.00. The van der Waals surface area contributed by atoms with Crippen LogP contribution in [0.3, 0.4) is 0 Å². The first kappa shape index (κ1) is 26.8. The second-order valence-corrected chi connectivity index (χ2v) is 7.59. The maximum Gasteiger partial charge on any atom is 0.342 e. The molecule has 190 valence electrons. The van der Waals surface area contributed by atoms with Crippen LogP contribution in [0.1, 0.15) is 40.9 Å². The highest BCUT2D eigenvalue weighted by Gasteiger charge is 2.22. The number of ether oxygens (including phenoxy) is 4. The number of benzene rings is 3. The molecule has 0 spiro atoms. The predicted octanol–water partition coefficient (Wildman–Crippen LogP) is 6.24. The van der Waals surface area contributed by atoms with Crippen molar-refractivity contribution in [2.24, 2.45) is 5.11 Å². The monoisotopic (exact) mass is 501 g/mol. The molecule has 0 fully saturated rings. The zero-order valence-electron chi connectivity index (χ0n) is 20.6. The Hall–Kier alpha value is -4.75. The van der Waals surface area contributed by atoms with Crippen LogP contribution in [0.2, 0.25) is 0 Å². The highest BCUT2D eigenvalue weighted by Crippen LogP contribution is 2.33. The van der Waals surface area contributed by atoms with Crippen LogP contribution in [-0.2, 0) is 27.5 Å². The lowest BCUT2D eigenvalue weighted by atomic mass is 10.0. The molecule has 0 aromatic heterocycles. The van der Waals surface area contributed by atoms with Crippen molar-refractivity contribution in [3.63, 3.8) is 0 Å². The Labute approximate surface area is 214 Å². The maximum absolute atomic E-state index is 13.0. The topological polar surface area (TPSA) is 120 Å². The lowest BCUT2D eigenvalue weighted by Crippen LogP contribution is -2.12. The molecule has 0 saturated heterocycles. The summed E-state index contributed by atoms with van der Waals surface area (Å²) >= 11 is 0. The van der Waals surface area contributed by atoms with Gasteiger partial charge in [0.05, 0.1) is 13.2 Å². The molecule has 3 aromatic rings. The van der Waals surface area contributed by atoms with Gasteiger partial charge < -0.3 is 18.9 Å². The summed E-state index contributed by atoms with van der Waals surface area (Å²) in [6, 6.07) is 22.1. The lowest BCUT2D eigenvalue weighted by Gasteiger charge is -2.17. The Bertz CT molecular complexity index is 1290. The number of rotatable bonds is 12. The highest BCUT2D eigenvalue weighted by molar-refractivity contribution is 6.00. The lowest BCUT2D eigenvalue weighted by molar-refractivity contribution is -0.138. The first-order valence-corrected chi connectivity index (χ1v) is 11.7. The SMILES string of the molecule is CCOC(=O)/C(=C/c1cc(OCc2ccccc2)cc(OCc2ccccc2)c1C(=O)OCC)N=[N+]=[N-]. The zero-order valence-corrected chi connectivity index (χ0v) is 20.6. The summed E-state index contributed by atoms with van der Waals surface area (Å²) in [7, 11) is 0. The highest BCUT2D eigenvalue weighted by atomic mass is 16.5. The first-order valence-electron chi connectivity index (χ1n) is 11.7. The van der Waals surface area contributed by atoms with Crippen molar-refractivity contribution in [3.8, 4) is 11.5 Å². The van der Waals surface area contributed by atoms with Crippen LogP contribution < -0.4 is 9.47 Å². The zero-order chi connectivity index (χ0) is 26.5. The molecule has 9 heteroatoms. The molecule has 37 heavy (non-hydrogen) atoms. The van der Waals surface area contributed by atoms with E-state index in [4.69, 9.17) is 24.5 Å². The minimum atomic E-state index is -0.836. The van der Waals surface area contributed by atoms with E-state index in [0.717, 1.165) is 11.1 Å². The summed E-state index contributed by atoms with van der Waals surface area (Å²) in [6.07, 6.45) is 1.26. The van der Waals surface area contributed by atoms with Gasteiger partial charge in [-0.05, 0) is 48.2 Å². The number of carbonyl (C=O) groups excluding carboxylic acids is 2. The normalized spacial score (nSPS) is 10.7. The van der Waals surface area contributed by atoms with Crippen molar-refractivity contribution in [1.29, 1.82) is 0 Å². The summed E-state index contributed by atoms with van der Waals surface area (Å²) in [5.74, 6) is -0.952. The third kappa shape index (κ3) is 7.88. The van der Waals surface area contributed by atoms with Gasteiger partial charge in [0.2, 0.25) is 0 Å². The van der Waals surface area contributed by atoms with Gasteiger partial charge in [-0.15, -0.1) is 0 Å². The molecule has 3 rings (SSSR count). The Morgan fingerprint density at radius 2 is 1.46 bits per heavy atom. The molecule has 0 aliphatic rings. The smallest absolute Gasteiger partial charge is 0.342 e. The minimum absolute atomic E-state index is 0.0554. The molecule has 0 aliphatic heterocycles. The van der Waals surface area contributed by atoms with E-state index in [0.29, 0.717) is 5.75 Å². The second kappa shape index (κ2) is 14.0. The van der Waals surface area contributed by atoms with E-state index in [-0.39, 0.29) is 49.0 Å². The van der Waals surface area contributed by atoms with Gasteiger partial charge in [0.1, 0.15) is 36.0 Å². The van der Waals surface area contributed by atoms with E-state index in [2.05, 4.69) is 10.0 Å². The fourth-order valence-corrected chi connectivity index (χ4v) is 3.35. The molecule has 0 saturated carbocycles. The Morgan fingerprint density at radius 1 is 0.865 bits per heavy atom. The summed E-state index contributed by atoms with van der Waals surface area (Å²) in [5.41, 5.74) is 10.7. The summed E-state index contributed by atoms with van der Waals surface area (Å²) in [4.78, 5) is 28.2. The van der Waals surface area contributed by atoms with Crippen molar-refractivity contribution in [2.45, 2.75) is 27.1 Å². The average molecular weight is 502 g/mol. The molecular formula is C28H27N3O6. The van der Waals surface area contributed by atoms with Crippen LogP contribution in [-0.4, -0.2) is 25.2 Å². The van der Waals surface area contributed by atoms with Crippen LogP contribution in [0.4, 0.5) is 0 Å². The Kier molecular flexibility index (Phi) is 10.1. The molecule has 3 aromatic carbocycles. The number of carbonyl (C=O) groups is 2. The van der Waals surface area contributed by atoms with Gasteiger partial charge in [-0.1, -0.05) is 65.8 Å². The molecule has 0 atom stereocenters. The molecule has 0 unspecified atom stereocenters. The van der Waals surface area contributed by atoms with Crippen LogP contribution in [0.15, 0.2) is 83.6 Å². The van der Waals surface area contributed by atoms with Gasteiger partial charge in [-0.2, -0.15) is 0 Å². The van der Waals surface area contributed by atoms with Crippen molar-refractivity contribution in [2.75, 3.05) is 13.2 Å². The van der Waals surface area contributed by atoms with E-state index >= 15 is 0 Å². The fourth-order valence-electron chi connectivity index (χ4n) is 3.35. The number of nitrogens with zero attached hydrogens (tertiary/aromatic N) is 3. The van der Waals surface area contributed by atoms with Gasteiger partial charge in [0.15, 0.2) is 0 Å². The van der Waals surface area contributed by atoms with Gasteiger partial charge in [0, 0.05) is 11.0 Å². The van der Waals surface area contributed by atoms with E-state index in [1.165, 1.54) is 6.08 Å². The summed E-state index contributed by atoms with van der Waals surface area (Å²) < 4.78 is 22.3. The van der Waals surface area contributed by atoms with Crippen LogP contribution in [0.5, 0.6) is 11.5 Å². The van der Waals surface area contributed by atoms with Crippen molar-refractivity contribution in [3.05, 3.63) is 111 Å². The molecule has 9 nitrogen and oxygen atoms in total. The number of hydrogen-bond acceptors (Lipinski definition) is 7. The van der Waals surface area contributed by atoms with E-state index in [9.17, 15) is 9.59 Å². The quantitative estimate of drug-likeness (QED) is 0.0953. The second-order valence-electron chi connectivity index (χ2n) is 7.59. The van der Waals surface area contributed by atoms with Crippen LogP contribution in [0, 0.1) is 0 Å². The standard InChI is InChI=1S/C28H27N3O6/c1-3-34-27(32)24(30-31-29)16-22-15-23(36-18-20-11-7-5-8-12-20)17-25(26(22)28(33)35-4-2)37-19-21-13-9-6-10-14-21/h5-17H,3-4,18-19H2,1-2H3/b24-16-. The Balaban J connectivity index is 2.11. The van der Waals surface area contributed by atoms with Gasteiger partial charge in [-0.3, -0.25) is 0 Å². The number of hydrogen-bond donors (Lipinski definition) is 0. The minimum Gasteiger partial charge on any atom is -0.489 e. The largest absolute Gasteiger partial charge is 0.489 e. The number of azide groups is 1. The molecule has 0 heterocycles. The van der Waals surface area contributed by atoms with Gasteiger partial charge >= 0.3 is 11.9 Å². The molecule has 0 amide bonds. The van der Waals surface area contributed by atoms with E-state index < -0.39 is 11.9 Å². The van der Waals surface area contributed by atoms with Crippen LogP contribution >= 0.6 is 0 Å². The molecule has 0 aliphatic carbocycles. The summed E-state index contributed by atoms with van der Waals surface area (Å²) in [6.45, 7) is 3.92. The molecule has 0 bridgehead atoms. The average Bonchev–Trinajstić information content (AvgIpc) is 2.91. The third-order valence-electron chi connectivity index (χ3n) is 5.00. The van der Waals surface area contributed by atoms with Crippen LogP contribution in [0.25, 0.3) is 16.5 Å². The fraction of sp³-hybridized carbons (Fsp3) is 0.214. The van der Waals surface area contributed by atoms with Crippen molar-refractivity contribution >= 4 is 18.0 Å². The predicted molar refractivity (Wildman–Crippen MR) is 138 cm³/mol. The molecule has 0 N–H and O–H groups in total. The van der Waals surface area contributed by atoms with E-state index in [1.54, 1.807) is 26.0 Å². The van der Waals surface area contributed by atoms with Crippen molar-refractivity contribution in [1.82, 2.24) is 0 Å².